The van der Waals surface area contributed by atoms with Crippen LogP contribution in [0.2, 0.25) is 0 Å². The van der Waals surface area contributed by atoms with E-state index in [1.165, 1.54) is 12.5 Å². The zero-order valence-electron chi connectivity index (χ0n) is 12.6. The van der Waals surface area contributed by atoms with Gasteiger partial charge >= 0.3 is 0 Å². The molecule has 2 N–H and O–H groups in total. The zero-order valence-corrected chi connectivity index (χ0v) is 12.6. The monoisotopic (exact) mass is 301 g/mol. The molecule has 0 amide bonds. The second kappa shape index (κ2) is 6.17. The van der Waals surface area contributed by atoms with Crippen molar-refractivity contribution in [2.45, 2.75) is 37.5 Å². The molecule has 2 aromatic rings. The molecule has 3 heteroatoms. The fourth-order valence-corrected chi connectivity index (χ4v) is 3.56. The van der Waals surface area contributed by atoms with E-state index in [9.17, 15) is 8.78 Å². The first-order valence-corrected chi connectivity index (χ1v) is 7.91. The van der Waals surface area contributed by atoms with Gasteiger partial charge in [0.05, 0.1) is 0 Å². The molecule has 1 aliphatic rings. The summed E-state index contributed by atoms with van der Waals surface area (Å²) < 4.78 is 28.4. The lowest BCUT2D eigenvalue weighted by Gasteiger charge is -2.37. The van der Waals surface area contributed by atoms with Crippen LogP contribution < -0.4 is 5.73 Å². The van der Waals surface area contributed by atoms with Gasteiger partial charge in [-0.2, -0.15) is 0 Å². The minimum atomic E-state index is -0.783. The Kier molecular flexibility index (Phi) is 4.25. The van der Waals surface area contributed by atoms with Gasteiger partial charge in [0.25, 0.3) is 0 Å². The summed E-state index contributed by atoms with van der Waals surface area (Å²) in [6, 6.07) is 12.3. The maximum Gasteiger partial charge on any atom is 0.166 e. The van der Waals surface area contributed by atoms with Gasteiger partial charge in [0.2, 0.25) is 0 Å². The first-order valence-electron chi connectivity index (χ1n) is 7.91. The van der Waals surface area contributed by atoms with Gasteiger partial charge in [0, 0.05) is 17.5 Å². The summed E-state index contributed by atoms with van der Waals surface area (Å²) in [5, 5.41) is 0. The molecule has 116 valence electrons. The van der Waals surface area contributed by atoms with Crippen LogP contribution in [-0.4, -0.2) is 6.54 Å². The molecule has 0 radical (unpaired) electrons. The highest BCUT2D eigenvalue weighted by molar-refractivity contribution is 5.65. The van der Waals surface area contributed by atoms with Crippen molar-refractivity contribution in [2.75, 3.05) is 6.54 Å². The van der Waals surface area contributed by atoms with Crippen molar-refractivity contribution >= 4 is 0 Å². The van der Waals surface area contributed by atoms with Crippen molar-refractivity contribution in [3.63, 3.8) is 0 Å². The van der Waals surface area contributed by atoms with Crippen molar-refractivity contribution in [1.82, 2.24) is 0 Å². The van der Waals surface area contributed by atoms with E-state index in [4.69, 9.17) is 5.73 Å². The first kappa shape index (κ1) is 15.2. The number of nitrogens with two attached hydrogens (primary N) is 1. The smallest absolute Gasteiger partial charge is 0.166 e. The average Bonchev–Trinajstić information content (AvgIpc) is 2.58. The van der Waals surface area contributed by atoms with E-state index in [0.29, 0.717) is 17.7 Å². The summed E-state index contributed by atoms with van der Waals surface area (Å²) in [6.07, 6.45) is 5.27. The second-order valence-electron chi connectivity index (χ2n) is 6.23. The molecule has 0 aliphatic heterocycles. The van der Waals surface area contributed by atoms with Gasteiger partial charge in [-0.25, -0.2) is 8.78 Å². The standard InChI is InChI=1S/C19H21F2N/c20-17-12-15(19(13-22)9-5-2-6-10-19)11-16(18(17)21)14-7-3-1-4-8-14/h1,3-4,7-8,11-12H,2,5-6,9-10,13,22H2. The minimum absolute atomic E-state index is 0.212. The largest absolute Gasteiger partial charge is 0.330 e. The van der Waals surface area contributed by atoms with Crippen LogP contribution in [0.4, 0.5) is 8.78 Å². The predicted octanol–water partition coefficient (Wildman–Crippen LogP) is 4.79. The first-order chi connectivity index (χ1) is 10.7. The summed E-state index contributed by atoms with van der Waals surface area (Å²) in [5.41, 5.74) is 7.68. The molecular weight excluding hydrogens is 280 g/mol. The number of hydrogen-bond donors (Lipinski definition) is 1. The predicted molar refractivity (Wildman–Crippen MR) is 85.6 cm³/mol. The molecule has 1 fully saturated rings. The third-order valence-electron chi connectivity index (χ3n) is 4.93. The molecule has 22 heavy (non-hydrogen) atoms. The van der Waals surface area contributed by atoms with Crippen LogP contribution in [0.3, 0.4) is 0 Å². The number of halogens is 2. The van der Waals surface area contributed by atoms with E-state index < -0.39 is 11.6 Å². The van der Waals surface area contributed by atoms with Gasteiger partial charge in [-0.1, -0.05) is 49.6 Å². The van der Waals surface area contributed by atoms with E-state index in [0.717, 1.165) is 31.2 Å². The summed E-state index contributed by atoms with van der Waals surface area (Å²) in [7, 11) is 0. The minimum Gasteiger partial charge on any atom is -0.330 e. The maximum absolute atomic E-state index is 14.3. The van der Waals surface area contributed by atoms with Crippen molar-refractivity contribution in [1.29, 1.82) is 0 Å². The van der Waals surface area contributed by atoms with Crippen LogP contribution in [0.1, 0.15) is 37.7 Å². The molecule has 0 bridgehead atoms. The van der Waals surface area contributed by atoms with Crippen molar-refractivity contribution < 1.29 is 8.78 Å². The lowest BCUT2D eigenvalue weighted by Crippen LogP contribution is -2.37. The molecule has 0 atom stereocenters. The molecule has 0 heterocycles. The van der Waals surface area contributed by atoms with Gasteiger partial charge in [0.15, 0.2) is 11.6 Å². The Hall–Kier alpha value is -1.74. The maximum atomic E-state index is 14.3. The zero-order chi connectivity index (χ0) is 15.6. The van der Waals surface area contributed by atoms with Crippen LogP contribution in [0.25, 0.3) is 11.1 Å². The molecule has 0 spiro atoms. The number of benzene rings is 2. The third kappa shape index (κ3) is 2.66. The molecular formula is C19H21F2N. The highest BCUT2D eigenvalue weighted by Gasteiger charge is 2.33. The Morgan fingerprint density at radius 3 is 2.27 bits per heavy atom. The Labute approximate surface area is 130 Å². The fraction of sp³-hybridized carbons (Fsp3) is 0.368. The van der Waals surface area contributed by atoms with Gasteiger partial charge in [-0.3, -0.25) is 0 Å². The third-order valence-corrected chi connectivity index (χ3v) is 4.93. The molecule has 2 aromatic carbocycles. The van der Waals surface area contributed by atoms with Gasteiger partial charge < -0.3 is 5.73 Å². The van der Waals surface area contributed by atoms with Gasteiger partial charge in [-0.15, -0.1) is 0 Å². The summed E-state index contributed by atoms with van der Waals surface area (Å²) in [4.78, 5) is 0. The summed E-state index contributed by atoms with van der Waals surface area (Å²) in [5.74, 6) is -1.56. The van der Waals surface area contributed by atoms with Crippen LogP contribution in [0.15, 0.2) is 42.5 Å². The Balaban J connectivity index is 2.12. The van der Waals surface area contributed by atoms with Gasteiger partial charge in [-0.05, 0) is 36.1 Å². The van der Waals surface area contributed by atoms with E-state index in [-0.39, 0.29) is 5.41 Å². The Bertz CT molecular complexity index is 646. The number of rotatable bonds is 3. The summed E-state index contributed by atoms with van der Waals surface area (Å²) in [6.45, 7) is 0.478. The van der Waals surface area contributed by atoms with Gasteiger partial charge in [0.1, 0.15) is 0 Å². The molecule has 0 aromatic heterocycles. The number of hydrogen-bond acceptors (Lipinski definition) is 1. The van der Waals surface area contributed by atoms with Crippen LogP contribution in [0.5, 0.6) is 0 Å². The molecule has 1 saturated carbocycles. The topological polar surface area (TPSA) is 26.0 Å². The Morgan fingerprint density at radius 2 is 1.64 bits per heavy atom. The van der Waals surface area contributed by atoms with Crippen molar-refractivity contribution in [2.24, 2.45) is 5.73 Å². The molecule has 1 aliphatic carbocycles. The molecule has 0 saturated heterocycles. The van der Waals surface area contributed by atoms with E-state index in [1.54, 1.807) is 18.2 Å². The van der Waals surface area contributed by atoms with Crippen LogP contribution >= 0.6 is 0 Å². The second-order valence-corrected chi connectivity index (χ2v) is 6.23. The highest BCUT2D eigenvalue weighted by Crippen LogP contribution is 2.41. The van der Waals surface area contributed by atoms with E-state index in [2.05, 4.69) is 0 Å². The average molecular weight is 301 g/mol. The quantitative estimate of drug-likeness (QED) is 0.866. The Morgan fingerprint density at radius 1 is 0.955 bits per heavy atom. The van der Waals surface area contributed by atoms with Crippen LogP contribution in [0, 0.1) is 11.6 Å². The fourth-order valence-electron chi connectivity index (χ4n) is 3.56. The van der Waals surface area contributed by atoms with E-state index >= 15 is 0 Å². The van der Waals surface area contributed by atoms with Crippen molar-refractivity contribution in [3.8, 4) is 11.1 Å². The normalized spacial score (nSPS) is 17.4. The lowest BCUT2D eigenvalue weighted by atomic mass is 9.69. The lowest BCUT2D eigenvalue weighted by molar-refractivity contribution is 0.299. The molecule has 3 rings (SSSR count). The summed E-state index contributed by atoms with van der Waals surface area (Å²) >= 11 is 0. The highest BCUT2D eigenvalue weighted by atomic mass is 19.2. The molecule has 0 unspecified atom stereocenters. The molecule has 1 nitrogen and oxygen atoms in total. The van der Waals surface area contributed by atoms with Crippen molar-refractivity contribution in [3.05, 3.63) is 59.7 Å². The SMILES string of the molecule is NCC1(c2cc(F)c(F)c(-c3ccccc3)c2)CCCCC1. The van der Waals surface area contributed by atoms with Crippen LogP contribution in [-0.2, 0) is 5.41 Å². The van der Waals surface area contributed by atoms with E-state index in [1.807, 2.05) is 18.2 Å².